The molecule has 106 valence electrons. The monoisotopic (exact) mass is 301 g/mol. The van der Waals surface area contributed by atoms with Crippen LogP contribution in [0.4, 0.5) is 5.95 Å². The Morgan fingerprint density at radius 2 is 2.14 bits per heavy atom. The average molecular weight is 302 g/mol. The van der Waals surface area contributed by atoms with Gasteiger partial charge in [-0.25, -0.2) is 0 Å². The van der Waals surface area contributed by atoms with Gasteiger partial charge in [0.1, 0.15) is 6.04 Å². The molecule has 6 nitrogen and oxygen atoms in total. The molecule has 0 bridgehead atoms. The zero-order chi connectivity index (χ0) is 14.4. The number of halogens is 1. The molecule has 0 saturated heterocycles. The van der Waals surface area contributed by atoms with Crippen LogP contribution in [0.2, 0.25) is 5.02 Å². The van der Waals surface area contributed by atoms with E-state index >= 15 is 0 Å². The SMILES string of the molecule is O=C1CCCC2=C1[C@H](c1ccccc1Cl)n1nnnc1N2. The van der Waals surface area contributed by atoms with Gasteiger partial charge in [-0.05, 0) is 29.3 Å². The minimum atomic E-state index is -0.354. The lowest BCUT2D eigenvalue weighted by molar-refractivity contribution is -0.116. The van der Waals surface area contributed by atoms with Crippen molar-refractivity contribution in [2.45, 2.75) is 25.3 Å². The molecular weight excluding hydrogens is 290 g/mol. The van der Waals surface area contributed by atoms with Crippen LogP contribution in [-0.2, 0) is 4.79 Å². The molecule has 7 heteroatoms. The smallest absolute Gasteiger partial charge is 0.248 e. The van der Waals surface area contributed by atoms with Gasteiger partial charge in [0.25, 0.3) is 0 Å². The minimum absolute atomic E-state index is 0.134. The summed E-state index contributed by atoms with van der Waals surface area (Å²) in [6, 6.07) is 7.15. The van der Waals surface area contributed by atoms with Gasteiger partial charge in [0, 0.05) is 28.3 Å². The number of carbonyl (C=O) groups excluding carboxylic acids is 1. The lowest BCUT2D eigenvalue weighted by Crippen LogP contribution is -2.31. The van der Waals surface area contributed by atoms with Crippen LogP contribution < -0.4 is 5.32 Å². The Balaban J connectivity index is 1.96. The number of nitrogens with zero attached hydrogens (tertiary/aromatic N) is 4. The Bertz CT molecular complexity index is 766. The van der Waals surface area contributed by atoms with E-state index in [2.05, 4.69) is 20.8 Å². The Morgan fingerprint density at radius 1 is 1.29 bits per heavy atom. The van der Waals surface area contributed by atoms with E-state index in [9.17, 15) is 4.79 Å². The molecule has 0 spiro atoms. The highest BCUT2D eigenvalue weighted by Crippen LogP contribution is 2.41. The van der Waals surface area contributed by atoms with E-state index in [1.165, 1.54) is 0 Å². The predicted molar refractivity (Wildman–Crippen MR) is 76.9 cm³/mol. The fraction of sp³-hybridized carbons (Fsp3) is 0.286. The first-order valence-electron chi connectivity index (χ1n) is 6.81. The van der Waals surface area contributed by atoms with Crippen molar-refractivity contribution >= 4 is 23.3 Å². The topological polar surface area (TPSA) is 72.7 Å². The third kappa shape index (κ3) is 1.86. The average Bonchev–Trinajstić information content (AvgIpc) is 2.94. The Labute approximate surface area is 125 Å². The molecule has 1 aliphatic heterocycles. The highest BCUT2D eigenvalue weighted by atomic mass is 35.5. The van der Waals surface area contributed by atoms with Crippen LogP contribution in [0.15, 0.2) is 35.5 Å². The second kappa shape index (κ2) is 4.66. The van der Waals surface area contributed by atoms with Crippen molar-refractivity contribution in [3.63, 3.8) is 0 Å². The lowest BCUT2D eigenvalue weighted by Gasteiger charge is -2.31. The highest BCUT2D eigenvalue weighted by Gasteiger charge is 2.37. The lowest BCUT2D eigenvalue weighted by atomic mass is 9.85. The number of ketones is 1. The molecule has 0 amide bonds. The molecule has 1 aliphatic carbocycles. The van der Waals surface area contributed by atoms with E-state index in [0.29, 0.717) is 17.4 Å². The number of nitrogens with one attached hydrogen (secondary N) is 1. The summed E-state index contributed by atoms with van der Waals surface area (Å²) in [5, 5.41) is 15.5. The van der Waals surface area contributed by atoms with E-state index in [0.717, 1.165) is 29.7 Å². The third-order valence-electron chi connectivity index (χ3n) is 3.93. The molecule has 21 heavy (non-hydrogen) atoms. The van der Waals surface area contributed by atoms with Crippen molar-refractivity contribution in [3.8, 4) is 0 Å². The standard InChI is InChI=1S/C14H12ClN5O/c15-9-5-2-1-4-8(9)13-12-10(6-3-7-11(12)21)16-14-17-18-19-20(13)14/h1-2,4-5,13H,3,6-7H2,(H,16,17,19)/t13-/m0/s1. The molecule has 2 aliphatic rings. The van der Waals surface area contributed by atoms with Crippen molar-refractivity contribution < 1.29 is 4.79 Å². The van der Waals surface area contributed by atoms with Crippen LogP contribution in [-0.4, -0.2) is 26.0 Å². The Kier molecular flexibility index (Phi) is 2.78. The van der Waals surface area contributed by atoms with Gasteiger partial charge < -0.3 is 5.32 Å². The van der Waals surface area contributed by atoms with E-state index in [1.807, 2.05) is 24.3 Å². The number of fused-ring (bicyclic) bond motifs is 1. The molecule has 1 aromatic carbocycles. The van der Waals surface area contributed by atoms with Crippen molar-refractivity contribution in [2.24, 2.45) is 0 Å². The number of anilines is 1. The molecule has 2 aromatic rings. The maximum atomic E-state index is 12.4. The largest absolute Gasteiger partial charge is 0.326 e. The zero-order valence-electron chi connectivity index (χ0n) is 11.1. The molecular formula is C14H12ClN5O. The first-order valence-corrected chi connectivity index (χ1v) is 7.19. The molecule has 0 saturated carbocycles. The number of rotatable bonds is 1. The molecule has 4 rings (SSSR count). The maximum absolute atomic E-state index is 12.4. The van der Waals surface area contributed by atoms with Gasteiger partial charge >= 0.3 is 0 Å². The van der Waals surface area contributed by atoms with Gasteiger partial charge in [0.15, 0.2) is 5.78 Å². The summed E-state index contributed by atoms with van der Waals surface area (Å²) < 4.78 is 1.63. The number of hydrogen-bond donors (Lipinski definition) is 1. The number of aromatic nitrogens is 4. The number of hydrogen-bond acceptors (Lipinski definition) is 5. The van der Waals surface area contributed by atoms with E-state index in [1.54, 1.807) is 4.68 Å². The van der Waals surface area contributed by atoms with Crippen molar-refractivity contribution in [1.82, 2.24) is 20.2 Å². The van der Waals surface area contributed by atoms with Crippen molar-refractivity contribution in [2.75, 3.05) is 5.32 Å². The van der Waals surface area contributed by atoms with Crippen LogP contribution in [0.25, 0.3) is 0 Å². The molecule has 2 heterocycles. The van der Waals surface area contributed by atoms with Crippen LogP contribution in [0, 0.1) is 0 Å². The molecule has 0 fully saturated rings. The van der Waals surface area contributed by atoms with Crippen LogP contribution in [0.3, 0.4) is 0 Å². The number of allylic oxidation sites excluding steroid dienone is 2. The van der Waals surface area contributed by atoms with Gasteiger partial charge in [-0.3, -0.25) is 4.79 Å². The van der Waals surface area contributed by atoms with E-state index in [4.69, 9.17) is 11.6 Å². The summed E-state index contributed by atoms with van der Waals surface area (Å²) in [5.41, 5.74) is 2.49. The number of carbonyl (C=O) groups is 1. The van der Waals surface area contributed by atoms with Crippen LogP contribution in [0.1, 0.15) is 30.9 Å². The summed E-state index contributed by atoms with van der Waals surface area (Å²) in [4.78, 5) is 12.4. The molecule has 0 unspecified atom stereocenters. The second-order valence-electron chi connectivity index (χ2n) is 5.17. The molecule has 1 N–H and O–H groups in total. The van der Waals surface area contributed by atoms with Gasteiger partial charge in [0.05, 0.1) is 0 Å². The highest BCUT2D eigenvalue weighted by molar-refractivity contribution is 6.31. The second-order valence-corrected chi connectivity index (χ2v) is 5.57. The van der Waals surface area contributed by atoms with Crippen molar-refractivity contribution in [1.29, 1.82) is 0 Å². The predicted octanol–water partition coefficient (Wildman–Crippen LogP) is 2.35. The van der Waals surface area contributed by atoms with Gasteiger partial charge in [-0.1, -0.05) is 34.9 Å². The minimum Gasteiger partial charge on any atom is -0.326 e. The van der Waals surface area contributed by atoms with E-state index < -0.39 is 0 Å². The van der Waals surface area contributed by atoms with Gasteiger partial charge in [0.2, 0.25) is 5.95 Å². The molecule has 1 atom stereocenters. The molecule has 0 radical (unpaired) electrons. The fourth-order valence-electron chi connectivity index (χ4n) is 3.00. The Hall–Kier alpha value is -2.21. The Morgan fingerprint density at radius 3 is 3.00 bits per heavy atom. The normalized spacial score (nSPS) is 20.8. The summed E-state index contributed by atoms with van der Waals surface area (Å²) >= 11 is 6.33. The first kappa shape index (κ1) is 12.5. The number of Topliss-reactive ketones (excluding diaryl/α,β-unsaturated/α-hetero) is 1. The summed E-state index contributed by atoms with van der Waals surface area (Å²) in [6.45, 7) is 0. The van der Waals surface area contributed by atoms with Crippen LogP contribution in [0.5, 0.6) is 0 Å². The van der Waals surface area contributed by atoms with Crippen LogP contribution >= 0.6 is 11.6 Å². The van der Waals surface area contributed by atoms with Gasteiger partial charge in [-0.2, -0.15) is 4.68 Å². The first-order chi connectivity index (χ1) is 10.3. The summed E-state index contributed by atoms with van der Waals surface area (Å²) in [5.74, 6) is 0.684. The van der Waals surface area contributed by atoms with E-state index in [-0.39, 0.29) is 11.8 Å². The number of tetrazole rings is 1. The number of benzene rings is 1. The van der Waals surface area contributed by atoms with Crippen molar-refractivity contribution in [3.05, 3.63) is 46.1 Å². The summed E-state index contributed by atoms with van der Waals surface area (Å²) in [6.07, 6.45) is 2.23. The quantitative estimate of drug-likeness (QED) is 0.875. The third-order valence-corrected chi connectivity index (χ3v) is 4.27. The fourth-order valence-corrected chi connectivity index (χ4v) is 3.24. The summed E-state index contributed by atoms with van der Waals surface area (Å²) in [7, 11) is 0. The maximum Gasteiger partial charge on any atom is 0.248 e. The molecule has 1 aromatic heterocycles. The van der Waals surface area contributed by atoms with Gasteiger partial charge in [-0.15, -0.1) is 0 Å². The zero-order valence-corrected chi connectivity index (χ0v) is 11.8.